The molecule has 1 heterocycles. The molecule has 4 heteroatoms. The average molecular weight is 308 g/mol. The molecule has 0 saturated carbocycles. The van der Waals surface area contributed by atoms with Gasteiger partial charge in [0.05, 0.1) is 0 Å². The van der Waals surface area contributed by atoms with Gasteiger partial charge in [-0.3, -0.25) is 9.59 Å². The zero-order valence-electron chi connectivity index (χ0n) is 13.2. The van der Waals surface area contributed by atoms with Crippen LogP contribution in [0.2, 0.25) is 0 Å². The quantitative estimate of drug-likeness (QED) is 0.944. The molecule has 4 nitrogen and oxygen atoms in total. The Kier molecular flexibility index (Phi) is 4.42. The number of carbonyl (C=O) groups is 2. The zero-order valence-corrected chi connectivity index (χ0v) is 13.2. The van der Waals surface area contributed by atoms with Crippen molar-refractivity contribution in [3.8, 4) is 0 Å². The Bertz CT molecular complexity index is 695. The third-order valence-corrected chi connectivity index (χ3v) is 4.20. The summed E-state index contributed by atoms with van der Waals surface area (Å²) >= 11 is 0. The van der Waals surface area contributed by atoms with Gasteiger partial charge in [0.2, 0.25) is 5.91 Å². The van der Waals surface area contributed by atoms with Crippen molar-refractivity contribution in [1.82, 2.24) is 5.32 Å². The number of anilines is 1. The lowest BCUT2D eigenvalue weighted by molar-refractivity contribution is -0.118. The topological polar surface area (TPSA) is 49.4 Å². The van der Waals surface area contributed by atoms with Crippen molar-refractivity contribution < 1.29 is 9.59 Å². The molecule has 2 aromatic rings. The molecule has 0 aliphatic carbocycles. The van der Waals surface area contributed by atoms with Crippen LogP contribution in [-0.2, 0) is 11.2 Å². The predicted molar refractivity (Wildman–Crippen MR) is 90.5 cm³/mol. The highest BCUT2D eigenvalue weighted by Gasteiger charge is 2.33. The maximum absolute atomic E-state index is 12.5. The molecule has 118 valence electrons. The van der Waals surface area contributed by atoms with Gasteiger partial charge >= 0.3 is 0 Å². The fourth-order valence-corrected chi connectivity index (χ4v) is 2.81. The van der Waals surface area contributed by atoms with Crippen LogP contribution in [0, 0.1) is 0 Å². The van der Waals surface area contributed by atoms with Crippen LogP contribution >= 0.6 is 0 Å². The van der Waals surface area contributed by atoms with E-state index in [0.29, 0.717) is 18.5 Å². The maximum Gasteiger partial charge on any atom is 0.251 e. The van der Waals surface area contributed by atoms with E-state index in [1.807, 2.05) is 54.6 Å². The number of aryl methyl sites for hydroxylation is 1. The number of carbonyl (C=O) groups excluding carboxylic acids is 2. The van der Waals surface area contributed by atoms with Gasteiger partial charge in [-0.25, -0.2) is 0 Å². The number of hydrogen-bond donors (Lipinski definition) is 1. The molecule has 1 N–H and O–H groups in total. The van der Waals surface area contributed by atoms with Gasteiger partial charge in [-0.1, -0.05) is 37.3 Å². The molecule has 1 fully saturated rings. The normalized spacial score (nSPS) is 17.3. The minimum Gasteiger partial charge on any atom is -0.340 e. The van der Waals surface area contributed by atoms with Crippen molar-refractivity contribution in [2.75, 3.05) is 11.4 Å². The summed E-state index contributed by atoms with van der Waals surface area (Å²) in [6, 6.07) is 16.6. The molecule has 1 saturated heterocycles. The number of nitrogens with one attached hydrogen (secondary N) is 1. The summed E-state index contributed by atoms with van der Waals surface area (Å²) in [4.78, 5) is 26.5. The van der Waals surface area contributed by atoms with Gasteiger partial charge in [0.15, 0.2) is 0 Å². The summed E-state index contributed by atoms with van der Waals surface area (Å²) in [5, 5.41) is 2.85. The fraction of sp³-hybridized carbons (Fsp3) is 0.263. The van der Waals surface area contributed by atoms with Gasteiger partial charge in [0.1, 0.15) is 6.04 Å². The van der Waals surface area contributed by atoms with Crippen LogP contribution in [0.3, 0.4) is 0 Å². The molecule has 0 spiro atoms. The standard InChI is InChI=1S/C19H20N2O2/c1-2-14-8-10-15(11-9-14)18(22)20-17-12-13-21(19(17)23)16-6-4-3-5-7-16/h3-11,17H,2,12-13H2,1H3,(H,20,22). The van der Waals surface area contributed by atoms with Crippen LogP contribution < -0.4 is 10.2 Å². The van der Waals surface area contributed by atoms with Gasteiger partial charge < -0.3 is 10.2 Å². The van der Waals surface area contributed by atoms with Crippen LogP contribution in [-0.4, -0.2) is 24.4 Å². The van der Waals surface area contributed by atoms with Gasteiger partial charge in [-0.2, -0.15) is 0 Å². The van der Waals surface area contributed by atoms with Gasteiger partial charge in [0, 0.05) is 17.8 Å². The lowest BCUT2D eigenvalue weighted by atomic mass is 10.1. The molecule has 1 aliphatic rings. The number of rotatable bonds is 4. The van der Waals surface area contributed by atoms with E-state index in [2.05, 4.69) is 12.2 Å². The SMILES string of the molecule is CCc1ccc(C(=O)NC2CCN(c3ccccc3)C2=O)cc1. The minimum absolute atomic E-state index is 0.0465. The summed E-state index contributed by atoms with van der Waals surface area (Å²) in [7, 11) is 0. The van der Waals surface area contributed by atoms with Crippen molar-refractivity contribution >= 4 is 17.5 Å². The number of amides is 2. The van der Waals surface area contributed by atoms with E-state index in [1.165, 1.54) is 5.56 Å². The molecule has 0 radical (unpaired) electrons. The Morgan fingerprint density at radius 2 is 1.83 bits per heavy atom. The Balaban J connectivity index is 1.66. The first-order valence-electron chi connectivity index (χ1n) is 7.95. The zero-order chi connectivity index (χ0) is 16.2. The Morgan fingerprint density at radius 3 is 2.48 bits per heavy atom. The first-order chi connectivity index (χ1) is 11.2. The Labute approximate surface area is 136 Å². The molecule has 0 aromatic heterocycles. The van der Waals surface area contributed by atoms with Crippen molar-refractivity contribution in [2.24, 2.45) is 0 Å². The molecular formula is C19H20N2O2. The first kappa shape index (κ1) is 15.3. The van der Waals surface area contributed by atoms with Crippen molar-refractivity contribution in [3.05, 3.63) is 65.7 Å². The average Bonchev–Trinajstić information content (AvgIpc) is 2.96. The highest BCUT2D eigenvalue weighted by atomic mass is 16.2. The molecule has 3 rings (SSSR count). The first-order valence-corrected chi connectivity index (χ1v) is 7.95. The Morgan fingerprint density at radius 1 is 1.13 bits per heavy atom. The molecule has 1 unspecified atom stereocenters. The molecule has 2 amide bonds. The van der Waals surface area contributed by atoms with Crippen molar-refractivity contribution in [3.63, 3.8) is 0 Å². The lowest BCUT2D eigenvalue weighted by Crippen LogP contribution is -2.41. The Hall–Kier alpha value is -2.62. The van der Waals surface area contributed by atoms with E-state index >= 15 is 0 Å². The van der Waals surface area contributed by atoms with Crippen LogP contribution in [0.25, 0.3) is 0 Å². The van der Waals surface area contributed by atoms with Gasteiger partial charge in [-0.15, -0.1) is 0 Å². The second-order valence-corrected chi connectivity index (χ2v) is 5.69. The highest BCUT2D eigenvalue weighted by molar-refractivity contribution is 6.03. The van der Waals surface area contributed by atoms with Crippen LogP contribution in [0.1, 0.15) is 29.3 Å². The lowest BCUT2D eigenvalue weighted by Gasteiger charge is -2.17. The molecular weight excluding hydrogens is 288 g/mol. The summed E-state index contributed by atoms with van der Waals surface area (Å²) in [5.41, 5.74) is 2.66. The highest BCUT2D eigenvalue weighted by Crippen LogP contribution is 2.21. The van der Waals surface area contributed by atoms with E-state index in [9.17, 15) is 9.59 Å². The smallest absolute Gasteiger partial charge is 0.251 e. The monoisotopic (exact) mass is 308 g/mol. The fourth-order valence-electron chi connectivity index (χ4n) is 2.81. The molecule has 2 aromatic carbocycles. The number of hydrogen-bond acceptors (Lipinski definition) is 2. The number of nitrogens with zero attached hydrogens (tertiary/aromatic N) is 1. The molecule has 1 aliphatic heterocycles. The van der Waals surface area contributed by atoms with Crippen molar-refractivity contribution in [2.45, 2.75) is 25.8 Å². The van der Waals surface area contributed by atoms with E-state index in [-0.39, 0.29) is 11.8 Å². The van der Waals surface area contributed by atoms with Crippen molar-refractivity contribution in [1.29, 1.82) is 0 Å². The second kappa shape index (κ2) is 6.65. The van der Waals surface area contributed by atoms with E-state index in [4.69, 9.17) is 0 Å². The van der Waals surface area contributed by atoms with Gasteiger partial charge in [0.25, 0.3) is 5.91 Å². The predicted octanol–water partition coefficient (Wildman–Crippen LogP) is 2.78. The van der Waals surface area contributed by atoms with E-state index in [0.717, 1.165) is 12.1 Å². The number of benzene rings is 2. The molecule has 1 atom stereocenters. The van der Waals surface area contributed by atoms with E-state index in [1.54, 1.807) is 4.90 Å². The van der Waals surface area contributed by atoms with Crippen LogP contribution in [0.15, 0.2) is 54.6 Å². The van der Waals surface area contributed by atoms with Crippen LogP contribution in [0.4, 0.5) is 5.69 Å². The minimum atomic E-state index is -0.450. The third kappa shape index (κ3) is 3.26. The summed E-state index contributed by atoms with van der Waals surface area (Å²) in [6.45, 7) is 2.70. The molecule has 23 heavy (non-hydrogen) atoms. The summed E-state index contributed by atoms with van der Waals surface area (Å²) < 4.78 is 0. The third-order valence-electron chi connectivity index (χ3n) is 4.20. The largest absolute Gasteiger partial charge is 0.340 e. The van der Waals surface area contributed by atoms with E-state index < -0.39 is 6.04 Å². The summed E-state index contributed by atoms with van der Waals surface area (Å²) in [6.07, 6.45) is 1.57. The van der Waals surface area contributed by atoms with Crippen LogP contribution in [0.5, 0.6) is 0 Å². The maximum atomic E-state index is 12.5. The number of para-hydroxylation sites is 1. The summed E-state index contributed by atoms with van der Waals surface area (Å²) in [5.74, 6) is -0.240. The second-order valence-electron chi connectivity index (χ2n) is 5.69. The van der Waals surface area contributed by atoms with Gasteiger partial charge in [-0.05, 0) is 42.7 Å². The molecule has 0 bridgehead atoms.